The van der Waals surface area contributed by atoms with Crippen molar-refractivity contribution in [3.05, 3.63) is 96.6 Å². The molecule has 0 saturated carbocycles. The molecule has 213 valence electrons. The summed E-state index contributed by atoms with van der Waals surface area (Å²) in [4.78, 5) is 48.5. The Labute approximate surface area is 263 Å². The van der Waals surface area contributed by atoms with Crippen LogP contribution in [0.5, 0.6) is 0 Å². The number of rotatable bonds is 1. The van der Waals surface area contributed by atoms with E-state index in [0.29, 0.717) is 56.7 Å². The summed E-state index contributed by atoms with van der Waals surface area (Å²) in [6.07, 6.45) is 0. The first kappa shape index (κ1) is 26.1. The van der Waals surface area contributed by atoms with Gasteiger partial charge in [0, 0.05) is 66.2 Å². The topological polar surface area (TPSA) is 146 Å². The molecule has 0 amide bonds. The molecule has 1 radical (unpaired) electrons. The van der Waals surface area contributed by atoms with Gasteiger partial charge in [-0.2, -0.15) is 0 Å². The minimum atomic E-state index is -1.07. The number of carboxylic acid groups (broad SMARTS) is 1. The number of nitrogens with zero attached hydrogens (tertiary/aromatic N) is 6. The number of carboxylic acids is 1. The van der Waals surface area contributed by atoms with E-state index in [2.05, 4.69) is 9.97 Å². The van der Waals surface area contributed by atoms with Crippen molar-refractivity contribution in [2.75, 3.05) is 0 Å². The van der Waals surface area contributed by atoms with E-state index in [9.17, 15) is 9.90 Å². The van der Waals surface area contributed by atoms with Crippen molar-refractivity contribution in [3.8, 4) is 45.6 Å². The Bertz CT molecular complexity index is 2510. The van der Waals surface area contributed by atoms with Crippen LogP contribution in [0.4, 0.5) is 0 Å². The predicted octanol–water partition coefficient (Wildman–Crippen LogP) is 6.56. The third-order valence-corrected chi connectivity index (χ3v) is 7.81. The number of hydrogen-bond donors (Lipinski definition) is 3. The second-order valence-corrected chi connectivity index (χ2v) is 10.3. The largest absolute Gasteiger partial charge is 0.478 e. The van der Waals surface area contributed by atoms with Crippen molar-refractivity contribution >= 4 is 50.1 Å². The fraction of sp³-hybridized carbons (Fsp3) is 0. The molecule has 8 bridgehead atoms. The Balaban J connectivity index is 0.00000289. The first-order chi connectivity index (χ1) is 21.1. The first-order valence-electron chi connectivity index (χ1n) is 13.6. The zero-order valence-electron chi connectivity index (χ0n) is 22.5. The number of aromatic amines is 2. The molecule has 2 aliphatic heterocycles. The van der Waals surface area contributed by atoms with Crippen molar-refractivity contribution in [2.24, 2.45) is 0 Å². The predicted molar refractivity (Wildman–Crippen MR) is 163 cm³/mol. The van der Waals surface area contributed by atoms with Crippen molar-refractivity contribution in [1.29, 1.82) is 0 Å². The molecule has 44 heavy (non-hydrogen) atoms. The van der Waals surface area contributed by atoms with E-state index >= 15 is 0 Å². The zero-order chi connectivity index (χ0) is 28.7. The molecule has 5 heterocycles. The average Bonchev–Trinajstić information content (AvgIpc) is 3.76. The van der Waals surface area contributed by atoms with E-state index in [1.165, 1.54) is 0 Å². The number of nitrogens with one attached hydrogen (secondary N) is 2. The van der Waals surface area contributed by atoms with Crippen LogP contribution < -0.4 is 0 Å². The summed E-state index contributed by atoms with van der Waals surface area (Å²) in [5.41, 5.74) is 5.36. The Morgan fingerprint density at radius 2 is 0.864 bits per heavy atom. The van der Waals surface area contributed by atoms with Gasteiger partial charge in [-0.15, -0.1) is 0 Å². The van der Waals surface area contributed by atoms with Gasteiger partial charge in [0.2, 0.25) is 0 Å². The van der Waals surface area contributed by atoms with E-state index in [1.54, 1.807) is 12.1 Å². The molecule has 11 heteroatoms. The maximum absolute atomic E-state index is 12.3. The van der Waals surface area contributed by atoms with Gasteiger partial charge < -0.3 is 15.1 Å². The third-order valence-electron chi connectivity index (χ3n) is 7.81. The monoisotopic (exact) mass is 755 g/mol. The van der Waals surface area contributed by atoms with Gasteiger partial charge in [0.05, 0.1) is 5.56 Å². The van der Waals surface area contributed by atoms with Crippen LogP contribution in [0.2, 0.25) is 0 Å². The van der Waals surface area contributed by atoms with Crippen LogP contribution in [-0.4, -0.2) is 50.9 Å². The van der Waals surface area contributed by atoms with E-state index in [0.717, 1.165) is 33.0 Å². The molecule has 0 spiro atoms. The quantitative estimate of drug-likeness (QED) is 0.160. The van der Waals surface area contributed by atoms with Crippen LogP contribution in [0.25, 0.3) is 89.7 Å². The maximum atomic E-state index is 12.3. The molecule has 7 aromatic rings. The standard InChI is InChI=1S/C33H18N8O2.Au/c42-33(43)23-15-7-14-22-24(23)32-40-30-21-13-6-5-12-20(21)28(38-30)36-26-17-9-2-1-8-16(17)25(34-26)35-27-18-10-3-4-11-19(18)29(37-27)39-31(22)41-32;/h1-15H,(H,42,43)(H2,34,35,36,37,38,39,40,41);. The molecule has 3 N–H and O–H groups in total. The zero-order valence-corrected chi connectivity index (χ0v) is 24.7. The second-order valence-electron chi connectivity index (χ2n) is 10.3. The number of benzene rings is 4. The van der Waals surface area contributed by atoms with Crippen LogP contribution in [-0.2, 0) is 22.4 Å². The van der Waals surface area contributed by atoms with Crippen molar-refractivity contribution in [2.45, 2.75) is 0 Å². The fourth-order valence-corrected chi connectivity index (χ4v) is 5.87. The van der Waals surface area contributed by atoms with E-state index in [-0.39, 0.29) is 27.9 Å². The average molecular weight is 756 g/mol. The number of hydrogen-bond acceptors (Lipinski definition) is 7. The van der Waals surface area contributed by atoms with Crippen molar-refractivity contribution < 1.29 is 32.3 Å². The molecule has 0 aliphatic carbocycles. The molecule has 9 rings (SSSR count). The molecule has 0 unspecified atom stereocenters. The maximum Gasteiger partial charge on any atom is 0.336 e. The summed E-state index contributed by atoms with van der Waals surface area (Å²) in [6, 6.07) is 28.5. The number of aromatic nitrogens is 8. The molecule has 0 saturated heterocycles. The van der Waals surface area contributed by atoms with Crippen LogP contribution in [0.1, 0.15) is 10.4 Å². The SMILES string of the molecule is O=C(O)c1cccc2c3nc4nc(nc5[nH]c(nc6nc(nc([nH]3)c12)-c1ccccc1-6)c1ccccc51)-c1ccccc1-4.[Au]. The van der Waals surface area contributed by atoms with Gasteiger partial charge in [0.1, 0.15) is 22.6 Å². The van der Waals surface area contributed by atoms with Gasteiger partial charge >= 0.3 is 5.97 Å². The Kier molecular flexibility index (Phi) is 5.78. The smallest absolute Gasteiger partial charge is 0.336 e. The molecule has 2 aliphatic rings. The van der Waals surface area contributed by atoms with Crippen LogP contribution in [0.15, 0.2) is 91.0 Å². The molecule has 4 aromatic carbocycles. The van der Waals surface area contributed by atoms with E-state index in [1.807, 2.05) is 78.9 Å². The Morgan fingerprint density at radius 1 is 0.477 bits per heavy atom. The normalized spacial score (nSPS) is 11.6. The van der Waals surface area contributed by atoms with Crippen LogP contribution in [0, 0.1) is 0 Å². The van der Waals surface area contributed by atoms with E-state index < -0.39 is 5.97 Å². The van der Waals surface area contributed by atoms with Crippen LogP contribution >= 0.6 is 0 Å². The number of fused-ring (bicyclic) bond motifs is 20. The number of H-pyrrole nitrogens is 2. The minimum Gasteiger partial charge on any atom is -0.478 e. The van der Waals surface area contributed by atoms with Gasteiger partial charge in [0.25, 0.3) is 0 Å². The summed E-state index contributed by atoms with van der Waals surface area (Å²) in [5, 5.41) is 12.9. The molecule has 0 fully saturated rings. The molecule has 0 atom stereocenters. The van der Waals surface area contributed by atoms with Gasteiger partial charge in [0.15, 0.2) is 23.3 Å². The number of aromatic carboxylic acids is 1. The van der Waals surface area contributed by atoms with Gasteiger partial charge in [-0.1, -0.05) is 84.9 Å². The Hall–Kier alpha value is -5.55. The molecule has 10 nitrogen and oxygen atoms in total. The van der Waals surface area contributed by atoms with Gasteiger partial charge in [-0.05, 0) is 6.07 Å². The van der Waals surface area contributed by atoms with Crippen LogP contribution in [0.3, 0.4) is 0 Å². The summed E-state index contributed by atoms with van der Waals surface area (Å²) < 4.78 is 0. The second kappa shape index (κ2) is 9.75. The number of carbonyl (C=O) groups is 1. The summed E-state index contributed by atoms with van der Waals surface area (Å²) in [5.74, 6) is 0.791. The third kappa shape index (κ3) is 3.82. The summed E-state index contributed by atoms with van der Waals surface area (Å²) in [6.45, 7) is 0. The van der Waals surface area contributed by atoms with Gasteiger partial charge in [-0.25, -0.2) is 34.7 Å². The van der Waals surface area contributed by atoms with E-state index in [4.69, 9.17) is 29.9 Å². The minimum absolute atomic E-state index is 0. The van der Waals surface area contributed by atoms with Crippen molar-refractivity contribution in [3.63, 3.8) is 0 Å². The summed E-state index contributed by atoms with van der Waals surface area (Å²) >= 11 is 0. The fourth-order valence-electron chi connectivity index (χ4n) is 5.87. The first-order valence-corrected chi connectivity index (χ1v) is 13.6. The molecule has 3 aromatic heterocycles. The Morgan fingerprint density at radius 3 is 1.34 bits per heavy atom. The molecular weight excluding hydrogens is 737 g/mol. The molecular formula is C33H18AuN8O2. The van der Waals surface area contributed by atoms with Gasteiger partial charge in [-0.3, -0.25) is 0 Å². The summed E-state index contributed by atoms with van der Waals surface area (Å²) in [7, 11) is 0. The van der Waals surface area contributed by atoms with Crippen molar-refractivity contribution in [1.82, 2.24) is 39.9 Å².